The molecule has 2 amide bonds. The van der Waals surface area contributed by atoms with E-state index in [1.807, 2.05) is 11.8 Å². The van der Waals surface area contributed by atoms with Gasteiger partial charge in [-0.1, -0.05) is 6.92 Å². The average molecular weight is 291 g/mol. The first kappa shape index (κ1) is 14.0. The zero-order valence-corrected chi connectivity index (χ0v) is 12.3. The van der Waals surface area contributed by atoms with Gasteiger partial charge < -0.3 is 9.80 Å². The molecule has 0 radical (unpaired) electrons. The van der Waals surface area contributed by atoms with Crippen molar-refractivity contribution in [3.63, 3.8) is 0 Å². The van der Waals surface area contributed by atoms with Crippen LogP contribution in [0.2, 0.25) is 0 Å². The Balaban J connectivity index is 1.62. The van der Waals surface area contributed by atoms with Crippen LogP contribution in [-0.2, 0) is 4.79 Å². The zero-order chi connectivity index (χ0) is 14.8. The lowest BCUT2D eigenvalue weighted by molar-refractivity contribution is -0.130. The first-order valence-electron chi connectivity index (χ1n) is 7.68. The molecule has 7 heteroatoms. The van der Waals surface area contributed by atoms with Crippen molar-refractivity contribution in [3.8, 4) is 0 Å². The van der Waals surface area contributed by atoms with Gasteiger partial charge >= 0.3 is 0 Å². The van der Waals surface area contributed by atoms with Crippen molar-refractivity contribution >= 4 is 11.8 Å². The van der Waals surface area contributed by atoms with Gasteiger partial charge in [0.2, 0.25) is 11.7 Å². The quantitative estimate of drug-likeness (QED) is 0.891. The van der Waals surface area contributed by atoms with Crippen molar-refractivity contribution in [1.82, 2.24) is 25.0 Å². The van der Waals surface area contributed by atoms with E-state index in [4.69, 9.17) is 0 Å². The maximum Gasteiger partial charge on any atom is 0.293 e. The third-order valence-electron chi connectivity index (χ3n) is 4.10. The fourth-order valence-corrected chi connectivity index (χ4v) is 2.64. The van der Waals surface area contributed by atoms with E-state index < -0.39 is 0 Å². The summed E-state index contributed by atoms with van der Waals surface area (Å²) in [5.41, 5.74) is 0. The minimum atomic E-state index is -0.135. The minimum Gasteiger partial charge on any atom is -0.341 e. The van der Waals surface area contributed by atoms with Crippen LogP contribution in [0.1, 0.15) is 55.0 Å². The van der Waals surface area contributed by atoms with Crippen LogP contribution in [0.4, 0.5) is 0 Å². The summed E-state index contributed by atoms with van der Waals surface area (Å²) in [5.74, 6) is 1.56. The van der Waals surface area contributed by atoms with Crippen molar-refractivity contribution in [2.75, 3.05) is 26.2 Å². The lowest BCUT2D eigenvalue weighted by Crippen LogP contribution is -2.37. The van der Waals surface area contributed by atoms with Crippen LogP contribution < -0.4 is 0 Å². The Morgan fingerprint density at radius 3 is 2.62 bits per heavy atom. The molecule has 3 rings (SSSR count). The molecule has 1 aliphatic heterocycles. The number of carbonyl (C=O) groups excluding carboxylic acids is 2. The minimum absolute atomic E-state index is 0.135. The molecule has 21 heavy (non-hydrogen) atoms. The van der Waals surface area contributed by atoms with Crippen LogP contribution in [0.25, 0.3) is 0 Å². The van der Waals surface area contributed by atoms with E-state index in [9.17, 15) is 9.59 Å². The van der Waals surface area contributed by atoms with Gasteiger partial charge in [0.25, 0.3) is 5.91 Å². The van der Waals surface area contributed by atoms with Crippen molar-refractivity contribution < 1.29 is 9.59 Å². The van der Waals surface area contributed by atoms with E-state index in [0.29, 0.717) is 32.0 Å². The third-order valence-corrected chi connectivity index (χ3v) is 4.10. The summed E-state index contributed by atoms with van der Waals surface area (Å²) in [6.07, 6.45) is 3.57. The van der Waals surface area contributed by atoms with Crippen molar-refractivity contribution in [3.05, 3.63) is 11.6 Å². The van der Waals surface area contributed by atoms with E-state index in [0.717, 1.165) is 31.6 Å². The number of aromatic amines is 1. The number of amides is 2. The van der Waals surface area contributed by atoms with E-state index in [2.05, 4.69) is 15.2 Å². The van der Waals surface area contributed by atoms with Gasteiger partial charge in [-0.25, -0.2) is 4.98 Å². The number of nitrogens with one attached hydrogen (secondary N) is 1. The zero-order valence-electron chi connectivity index (χ0n) is 12.3. The number of hydrogen-bond acceptors (Lipinski definition) is 4. The number of aromatic nitrogens is 3. The highest BCUT2D eigenvalue weighted by molar-refractivity contribution is 5.90. The van der Waals surface area contributed by atoms with Gasteiger partial charge in [-0.15, -0.1) is 5.10 Å². The summed E-state index contributed by atoms with van der Waals surface area (Å²) in [5, 5.41) is 6.91. The first-order valence-corrected chi connectivity index (χ1v) is 7.68. The molecule has 1 aliphatic carbocycles. The number of nitrogens with zero attached hydrogens (tertiary/aromatic N) is 4. The largest absolute Gasteiger partial charge is 0.341 e. The Morgan fingerprint density at radius 2 is 1.90 bits per heavy atom. The van der Waals surface area contributed by atoms with Crippen molar-refractivity contribution in [2.24, 2.45) is 0 Å². The number of hydrogen-bond donors (Lipinski definition) is 1. The normalized spacial score (nSPS) is 19.5. The fourth-order valence-electron chi connectivity index (χ4n) is 2.64. The second-order valence-electron chi connectivity index (χ2n) is 5.70. The van der Waals surface area contributed by atoms with Crippen molar-refractivity contribution in [2.45, 2.75) is 38.5 Å². The number of H-pyrrole nitrogens is 1. The summed E-state index contributed by atoms with van der Waals surface area (Å²) >= 11 is 0. The predicted octanol–water partition coefficient (Wildman–Crippen LogP) is 0.767. The molecule has 0 bridgehead atoms. The summed E-state index contributed by atoms with van der Waals surface area (Å²) < 4.78 is 0. The maximum absolute atomic E-state index is 12.4. The molecular formula is C14H21N5O2. The maximum atomic E-state index is 12.4. The molecule has 2 aliphatic rings. The molecule has 1 N–H and O–H groups in total. The molecule has 114 valence electrons. The Bertz CT molecular complexity index is 537. The summed E-state index contributed by atoms with van der Waals surface area (Å²) in [7, 11) is 0. The smallest absolute Gasteiger partial charge is 0.293 e. The highest BCUT2D eigenvalue weighted by atomic mass is 16.2. The highest BCUT2D eigenvalue weighted by Gasteiger charge is 2.30. The SMILES string of the molecule is CCC(=O)N1CCCN(C(=O)c2n[nH]c(C3CC3)n2)CC1. The van der Waals surface area contributed by atoms with Gasteiger partial charge in [-0.3, -0.25) is 14.7 Å². The lowest BCUT2D eigenvalue weighted by atomic mass is 10.3. The Kier molecular flexibility index (Phi) is 3.90. The van der Waals surface area contributed by atoms with E-state index >= 15 is 0 Å². The van der Waals surface area contributed by atoms with Crippen LogP contribution in [0.3, 0.4) is 0 Å². The summed E-state index contributed by atoms with van der Waals surface area (Å²) in [6.45, 7) is 4.39. The number of carbonyl (C=O) groups is 2. The second-order valence-corrected chi connectivity index (χ2v) is 5.70. The van der Waals surface area contributed by atoms with E-state index in [1.54, 1.807) is 4.90 Å². The standard InChI is InChI=1S/C14H21N5O2/c1-2-11(20)18-6-3-7-19(9-8-18)14(21)13-15-12(16-17-13)10-4-5-10/h10H,2-9H2,1H3,(H,15,16,17). The predicted molar refractivity (Wildman–Crippen MR) is 75.7 cm³/mol. The van der Waals surface area contributed by atoms with Crippen LogP contribution in [0.15, 0.2) is 0 Å². The lowest BCUT2D eigenvalue weighted by Gasteiger charge is -2.20. The Morgan fingerprint density at radius 1 is 1.19 bits per heavy atom. The van der Waals surface area contributed by atoms with Crippen molar-refractivity contribution in [1.29, 1.82) is 0 Å². The highest BCUT2D eigenvalue weighted by Crippen LogP contribution is 2.37. The Labute approximate surface area is 123 Å². The molecule has 0 aromatic carbocycles. The second kappa shape index (κ2) is 5.83. The van der Waals surface area contributed by atoms with Gasteiger partial charge in [-0.2, -0.15) is 0 Å². The summed E-state index contributed by atoms with van der Waals surface area (Å²) in [6, 6.07) is 0. The fraction of sp³-hybridized carbons (Fsp3) is 0.714. The van der Waals surface area contributed by atoms with Crippen LogP contribution in [0.5, 0.6) is 0 Å². The molecule has 7 nitrogen and oxygen atoms in total. The van der Waals surface area contributed by atoms with Crippen LogP contribution in [0, 0.1) is 0 Å². The molecule has 0 unspecified atom stereocenters. The first-order chi connectivity index (χ1) is 10.2. The van der Waals surface area contributed by atoms with Gasteiger partial charge in [0, 0.05) is 38.5 Å². The monoisotopic (exact) mass is 291 g/mol. The van der Waals surface area contributed by atoms with E-state index in [-0.39, 0.29) is 17.6 Å². The summed E-state index contributed by atoms with van der Waals surface area (Å²) in [4.78, 5) is 32.1. The van der Waals surface area contributed by atoms with Crippen LogP contribution >= 0.6 is 0 Å². The molecule has 1 saturated heterocycles. The van der Waals surface area contributed by atoms with Gasteiger partial charge in [0.15, 0.2) is 0 Å². The molecule has 1 aromatic heterocycles. The Hall–Kier alpha value is -1.92. The number of rotatable bonds is 3. The van der Waals surface area contributed by atoms with Crippen LogP contribution in [-0.4, -0.2) is 63.0 Å². The van der Waals surface area contributed by atoms with Gasteiger partial charge in [0.05, 0.1) is 0 Å². The molecule has 2 fully saturated rings. The average Bonchev–Trinajstić information content (AvgIpc) is 3.28. The van der Waals surface area contributed by atoms with Gasteiger partial charge in [-0.05, 0) is 19.3 Å². The molecule has 2 heterocycles. The molecule has 1 saturated carbocycles. The van der Waals surface area contributed by atoms with Gasteiger partial charge in [0.1, 0.15) is 5.82 Å². The molecule has 0 spiro atoms. The molecule has 0 atom stereocenters. The molecular weight excluding hydrogens is 270 g/mol. The third kappa shape index (κ3) is 3.06. The van der Waals surface area contributed by atoms with E-state index in [1.165, 1.54) is 0 Å². The molecule has 1 aromatic rings. The topological polar surface area (TPSA) is 82.2 Å².